The second-order valence-corrected chi connectivity index (χ2v) is 7.57. The number of nitrogens with zero attached hydrogens (tertiary/aromatic N) is 1. The van der Waals surface area contributed by atoms with Crippen LogP contribution in [0.5, 0.6) is 0 Å². The van der Waals surface area contributed by atoms with Gasteiger partial charge in [0.1, 0.15) is 0 Å². The zero-order chi connectivity index (χ0) is 13.2. The Morgan fingerprint density at radius 2 is 2.06 bits per heavy atom. The van der Waals surface area contributed by atoms with Crippen LogP contribution in [0.25, 0.3) is 0 Å². The zero-order valence-electron chi connectivity index (χ0n) is 11.1. The van der Waals surface area contributed by atoms with E-state index in [0.29, 0.717) is 19.4 Å². The summed E-state index contributed by atoms with van der Waals surface area (Å²) in [5, 5.41) is 14.1. The summed E-state index contributed by atoms with van der Waals surface area (Å²) in [6, 6.07) is 0. The van der Waals surface area contributed by atoms with Gasteiger partial charge in [0.25, 0.3) is 0 Å². The molecule has 0 aromatic carbocycles. The van der Waals surface area contributed by atoms with E-state index in [4.69, 9.17) is 0 Å². The molecule has 6 heteroatoms. The van der Waals surface area contributed by atoms with Gasteiger partial charge in [0, 0.05) is 13.1 Å². The van der Waals surface area contributed by atoms with Crippen LogP contribution in [0.3, 0.4) is 0 Å². The van der Waals surface area contributed by atoms with Gasteiger partial charge in [-0.25, -0.2) is 8.42 Å². The molecule has 0 radical (unpaired) electrons. The molecule has 0 spiro atoms. The van der Waals surface area contributed by atoms with Crippen LogP contribution >= 0.6 is 0 Å². The van der Waals surface area contributed by atoms with Crippen LogP contribution in [0, 0.1) is 5.92 Å². The van der Waals surface area contributed by atoms with Crippen molar-refractivity contribution in [3.63, 3.8) is 0 Å². The van der Waals surface area contributed by atoms with Crippen LogP contribution < -0.4 is 5.32 Å². The number of β-amino-alcohol motifs (C(OH)–C–C–N with tert-alkyl or cyclic N) is 1. The van der Waals surface area contributed by atoms with E-state index < -0.39 is 15.6 Å². The first-order valence-corrected chi connectivity index (χ1v) is 8.50. The summed E-state index contributed by atoms with van der Waals surface area (Å²) in [5.74, 6) is 0.443. The molecule has 18 heavy (non-hydrogen) atoms. The summed E-state index contributed by atoms with van der Waals surface area (Å²) in [4.78, 5) is 0. The minimum Gasteiger partial charge on any atom is -0.388 e. The standard InChI is InChI=1S/C12H24N2O3S/c1-2-12(15,11-4-6-13-7-5-11)10-14-8-3-9-18(14,16)17/h11,13,15H,2-10H2,1H3. The van der Waals surface area contributed by atoms with Crippen LogP contribution in [0.2, 0.25) is 0 Å². The van der Waals surface area contributed by atoms with Gasteiger partial charge in [-0.05, 0) is 44.7 Å². The minimum absolute atomic E-state index is 0.208. The molecule has 1 atom stereocenters. The third-order valence-corrected chi connectivity index (χ3v) is 6.27. The Balaban J connectivity index is 2.07. The van der Waals surface area contributed by atoms with Gasteiger partial charge < -0.3 is 10.4 Å². The molecule has 2 aliphatic heterocycles. The Morgan fingerprint density at radius 1 is 1.39 bits per heavy atom. The Bertz CT molecular complexity index is 379. The molecule has 2 rings (SSSR count). The van der Waals surface area contributed by atoms with Crippen molar-refractivity contribution in [3.05, 3.63) is 0 Å². The molecule has 106 valence electrons. The second-order valence-electron chi connectivity index (χ2n) is 5.48. The third kappa shape index (κ3) is 2.87. The van der Waals surface area contributed by atoms with Crippen molar-refractivity contribution in [1.29, 1.82) is 0 Å². The van der Waals surface area contributed by atoms with E-state index in [2.05, 4.69) is 5.32 Å². The lowest BCUT2D eigenvalue weighted by molar-refractivity contribution is -0.0446. The monoisotopic (exact) mass is 276 g/mol. The van der Waals surface area contributed by atoms with Crippen molar-refractivity contribution in [2.45, 2.75) is 38.2 Å². The van der Waals surface area contributed by atoms with Gasteiger partial charge in [0.05, 0.1) is 11.4 Å². The third-order valence-electron chi connectivity index (χ3n) is 4.36. The number of piperidine rings is 1. The van der Waals surface area contributed by atoms with E-state index in [-0.39, 0.29) is 18.2 Å². The number of hydrogen-bond acceptors (Lipinski definition) is 4. The maximum Gasteiger partial charge on any atom is 0.214 e. The molecule has 2 saturated heterocycles. The Hall–Kier alpha value is -0.170. The number of sulfonamides is 1. The quantitative estimate of drug-likeness (QED) is 0.767. The molecular formula is C12H24N2O3S. The minimum atomic E-state index is -3.11. The molecule has 0 aromatic rings. The van der Waals surface area contributed by atoms with E-state index in [1.54, 1.807) is 0 Å². The number of hydrogen-bond donors (Lipinski definition) is 2. The zero-order valence-corrected chi connectivity index (χ0v) is 11.9. The molecule has 0 bridgehead atoms. The maximum absolute atomic E-state index is 11.8. The van der Waals surface area contributed by atoms with Gasteiger partial charge in [0.2, 0.25) is 10.0 Å². The Labute approximate surface area is 110 Å². The summed E-state index contributed by atoms with van der Waals surface area (Å²) in [6.45, 7) is 4.62. The summed E-state index contributed by atoms with van der Waals surface area (Å²) >= 11 is 0. The van der Waals surface area contributed by atoms with E-state index in [9.17, 15) is 13.5 Å². The highest BCUT2D eigenvalue weighted by atomic mass is 32.2. The lowest BCUT2D eigenvalue weighted by atomic mass is 9.79. The summed E-state index contributed by atoms with van der Waals surface area (Å²) in [5.41, 5.74) is -0.862. The van der Waals surface area contributed by atoms with Crippen molar-refractivity contribution in [1.82, 2.24) is 9.62 Å². The summed E-state index contributed by atoms with van der Waals surface area (Å²) in [6.07, 6.45) is 3.16. The highest BCUT2D eigenvalue weighted by Gasteiger charge is 2.41. The Kier molecular flexibility index (Phi) is 4.31. The Morgan fingerprint density at radius 3 is 2.56 bits per heavy atom. The van der Waals surface area contributed by atoms with Crippen LogP contribution in [0.15, 0.2) is 0 Å². The fourth-order valence-corrected chi connectivity index (χ4v) is 4.64. The van der Waals surface area contributed by atoms with Crippen molar-refractivity contribution >= 4 is 10.0 Å². The molecule has 2 N–H and O–H groups in total. The molecule has 2 aliphatic rings. The van der Waals surface area contributed by atoms with Crippen LogP contribution in [-0.2, 0) is 10.0 Å². The van der Waals surface area contributed by atoms with Gasteiger partial charge in [-0.15, -0.1) is 0 Å². The van der Waals surface area contributed by atoms with E-state index in [1.807, 2.05) is 6.92 Å². The molecule has 5 nitrogen and oxygen atoms in total. The lowest BCUT2D eigenvalue weighted by Crippen LogP contribution is -2.51. The molecule has 0 aliphatic carbocycles. The maximum atomic E-state index is 11.8. The van der Waals surface area contributed by atoms with Crippen molar-refractivity contribution < 1.29 is 13.5 Å². The van der Waals surface area contributed by atoms with E-state index in [1.165, 1.54) is 4.31 Å². The normalized spacial score (nSPS) is 29.2. The van der Waals surface area contributed by atoms with Crippen molar-refractivity contribution in [2.75, 3.05) is 31.9 Å². The molecule has 0 amide bonds. The molecule has 0 aromatic heterocycles. The molecular weight excluding hydrogens is 252 g/mol. The molecule has 2 fully saturated rings. The van der Waals surface area contributed by atoms with Gasteiger partial charge in [-0.2, -0.15) is 4.31 Å². The van der Waals surface area contributed by atoms with E-state index in [0.717, 1.165) is 25.9 Å². The van der Waals surface area contributed by atoms with Crippen LogP contribution in [0.4, 0.5) is 0 Å². The van der Waals surface area contributed by atoms with Gasteiger partial charge in [-0.1, -0.05) is 6.92 Å². The molecule has 1 unspecified atom stereocenters. The first-order valence-electron chi connectivity index (χ1n) is 6.89. The summed E-state index contributed by atoms with van der Waals surface area (Å²) in [7, 11) is -3.11. The highest BCUT2D eigenvalue weighted by Crippen LogP contribution is 2.31. The predicted molar refractivity (Wildman–Crippen MR) is 70.8 cm³/mol. The van der Waals surface area contributed by atoms with E-state index >= 15 is 0 Å². The summed E-state index contributed by atoms with van der Waals surface area (Å²) < 4.78 is 25.2. The first-order chi connectivity index (χ1) is 8.48. The fourth-order valence-electron chi connectivity index (χ4n) is 3.06. The van der Waals surface area contributed by atoms with Crippen LogP contribution in [-0.4, -0.2) is 55.4 Å². The van der Waals surface area contributed by atoms with Gasteiger partial charge >= 0.3 is 0 Å². The van der Waals surface area contributed by atoms with Crippen LogP contribution in [0.1, 0.15) is 32.6 Å². The lowest BCUT2D eigenvalue weighted by Gasteiger charge is -2.40. The average molecular weight is 276 g/mol. The van der Waals surface area contributed by atoms with Crippen molar-refractivity contribution in [2.24, 2.45) is 5.92 Å². The first kappa shape index (κ1) is 14.2. The highest BCUT2D eigenvalue weighted by molar-refractivity contribution is 7.89. The topological polar surface area (TPSA) is 69.6 Å². The fraction of sp³-hybridized carbons (Fsp3) is 1.00. The van der Waals surface area contributed by atoms with Gasteiger partial charge in [-0.3, -0.25) is 0 Å². The van der Waals surface area contributed by atoms with Gasteiger partial charge in [0.15, 0.2) is 0 Å². The average Bonchev–Trinajstić information content (AvgIpc) is 2.69. The number of rotatable bonds is 4. The predicted octanol–water partition coefficient (Wildman–Crippen LogP) is 0.163. The molecule has 2 heterocycles. The molecule has 0 saturated carbocycles. The SMILES string of the molecule is CCC(O)(CN1CCCS1(=O)=O)C1CCNCC1. The second kappa shape index (κ2) is 5.45. The largest absolute Gasteiger partial charge is 0.388 e. The number of nitrogens with one attached hydrogen (secondary N) is 1. The smallest absolute Gasteiger partial charge is 0.214 e. The van der Waals surface area contributed by atoms with Crippen molar-refractivity contribution in [3.8, 4) is 0 Å². The number of aliphatic hydroxyl groups is 1.